The monoisotopic (exact) mass is 1910 g/mol. The molecule has 1 unspecified atom stereocenters. The second kappa shape index (κ2) is 43.7. The fourth-order valence-electron chi connectivity index (χ4n) is 12.3. The molecule has 135 heavy (non-hydrogen) atoms. The zero-order valence-corrected chi connectivity index (χ0v) is 84.6. The molecular formula is C98H128N16O18S3. The van der Waals surface area contributed by atoms with Crippen molar-refractivity contribution in [1.29, 1.82) is 0 Å². The number of hydroxylamine groups is 6. The number of rotatable bonds is 9. The third-order valence-electron chi connectivity index (χ3n) is 20.8. The van der Waals surface area contributed by atoms with Crippen LogP contribution in [0.2, 0.25) is 0 Å². The number of oxime groups is 3. The Labute approximate surface area is 796 Å². The van der Waals surface area contributed by atoms with Crippen LogP contribution in [-0.2, 0) is 88.0 Å². The van der Waals surface area contributed by atoms with Gasteiger partial charge in [-0.05, 0) is 114 Å². The maximum Gasteiger partial charge on any atom is 0.475 e. The molecule has 15 rings (SSSR count). The van der Waals surface area contributed by atoms with E-state index >= 15 is 0 Å². The summed E-state index contributed by atoms with van der Waals surface area (Å²) in [7, 11) is -2.41. The molecular weight excluding hydrogens is 1790 g/mol. The van der Waals surface area contributed by atoms with Crippen molar-refractivity contribution in [3.05, 3.63) is 292 Å². The van der Waals surface area contributed by atoms with E-state index in [0.717, 1.165) is 43.2 Å². The average molecular weight is 1910 g/mol. The Balaban J connectivity index is 0.000000190. The summed E-state index contributed by atoms with van der Waals surface area (Å²) in [6.07, 6.45) is 0. The minimum absolute atomic E-state index is 0.0375. The van der Waals surface area contributed by atoms with E-state index in [0.29, 0.717) is 50.6 Å². The van der Waals surface area contributed by atoms with Crippen LogP contribution in [0, 0.1) is 4.84 Å². The molecule has 1 atom stereocenters. The summed E-state index contributed by atoms with van der Waals surface area (Å²) in [5.74, 6) is 0.695. The van der Waals surface area contributed by atoms with E-state index in [9.17, 15) is 32.6 Å². The molecule has 11 aromatic rings. The Kier molecular flexibility index (Phi) is 34.8. The van der Waals surface area contributed by atoms with Crippen LogP contribution in [0.4, 0.5) is 0 Å². The number of nitrogens with one attached hydrogen (secondary N) is 5. The van der Waals surface area contributed by atoms with Crippen molar-refractivity contribution in [2.24, 2.45) is 24.3 Å². The number of amidine groups is 5. The second-order valence-corrected chi connectivity index (χ2v) is 43.1. The van der Waals surface area contributed by atoms with Gasteiger partial charge in [0.15, 0.2) is 29.2 Å². The fraction of sp³-hybridized carbons (Fsp3) is 0.398. The van der Waals surface area contributed by atoms with Crippen LogP contribution in [0.1, 0.15) is 266 Å². The number of hydrogen-bond donors (Lipinski definition) is 9. The lowest BCUT2D eigenvalue weighted by atomic mass is 9.86. The van der Waals surface area contributed by atoms with Gasteiger partial charge in [-0.3, -0.25) is 19.5 Å². The van der Waals surface area contributed by atoms with Crippen LogP contribution in [0.5, 0.6) is 0 Å². The molecule has 0 spiro atoms. The van der Waals surface area contributed by atoms with Gasteiger partial charge in [0.2, 0.25) is 23.2 Å². The summed E-state index contributed by atoms with van der Waals surface area (Å²) in [6, 6.07) is 62.7. The molecule has 8 aromatic carbocycles. The highest BCUT2D eigenvalue weighted by Crippen LogP contribution is 2.33. The zero-order valence-electron chi connectivity index (χ0n) is 82.1. The Morgan fingerprint density at radius 1 is 0.467 bits per heavy atom. The van der Waals surface area contributed by atoms with Crippen LogP contribution >= 0.6 is 12.2 Å². The number of aromatic nitrogens is 6. The first-order chi connectivity index (χ1) is 62.5. The van der Waals surface area contributed by atoms with Gasteiger partial charge < -0.3 is 29.5 Å². The minimum atomic E-state index is -3.81. The van der Waals surface area contributed by atoms with Gasteiger partial charge in [-0.15, -0.1) is 13.1 Å². The van der Waals surface area contributed by atoms with Gasteiger partial charge in [0.1, 0.15) is 7.11 Å². The van der Waals surface area contributed by atoms with Crippen molar-refractivity contribution in [2.45, 2.75) is 249 Å². The lowest BCUT2D eigenvalue weighted by Crippen LogP contribution is -2.42. The number of hydrogen-bond acceptors (Lipinski definition) is 29. The van der Waals surface area contributed by atoms with Gasteiger partial charge in [-0.25, -0.2) is 45.7 Å². The molecule has 9 N–H and O–H groups in total. The van der Waals surface area contributed by atoms with Crippen molar-refractivity contribution in [2.75, 3.05) is 7.11 Å². The number of H-pyrrole nitrogens is 1. The highest BCUT2D eigenvalue weighted by molar-refractivity contribution is 7.85. The lowest BCUT2D eigenvalue weighted by molar-refractivity contribution is -0.248. The third kappa shape index (κ3) is 30.9. The largest absolute Gasteiger partial charge is 0.475 e. The Morgan fingerprint density at radius 3 is 1.13 bits per heavy atom. The zero-order chi connectivity index (χ0) is 101. The molecule has 0 radical (unpaired) electrons. The molecule has 0 amide bonds. The van der Waals surface area contributed by atoms with Crippen molar-refractivity contribution in [3.63, 3.8) is 0 Å². The van der Waals surface area contributed by atoms with Gasteiger partial charge >= 0.3 is 37.9 Å². The Morgan fingerprint density at radius 2 is 0.822 bits per heavy atom. The second-order valence-electron chi connectivity index (χ2n) is 40.7. The highest BCUT2D eigenvalue weighted by atomic mass is 32.2. The van der Waals surface area contributed by atoms with Crippen LogP contribution in [0.15, 0.2) is 242 Å². The van der Waals surface area contributed by atoms with E-state index in [1.54, 1.807) is 52.0 Å². The van der Waals surface area contributed by atoms with Crippen molar-refractivity contribution >= 4 is 63.0 Å². The average Bonchev–Trinajstić information content (AvgIpc) is 1.65. The first-order valence-corrected chi connectivity index (χ1v) is 46.0. The van der Waals surface area contributed by atoms with E-state index in [1.807, 2.05) is 139 Å². The van der Waals surface area contributed by atoms with Crippen molar-refractivity contribution in [3.8, 4) is 34.2 Å². The predicted molar refractivity (Wildman–Crippen MR) is 524 cm³/mol. The highest BCUT2D eigenvalue weighted by Gasteiger charge is 2.38. The number of nitrogens with zero attached hydrogens (tertiary/aromatic N) is 11. The van der Waals surface area contributed by atoms with Crippen molar-refractivity contribution in [1.82, 2.24) is 56.9 Å². The maximum absolute atomic E-state index is 11.3. The summed E-state index contributed by atoms with van der Waals surface area (Å²) in [6.45, 7) is 58.6. The summed E-state index contributed by atoms with van der Waals surface area (Å²) in [5.41, 5.74) is 25.6. The fourth-order valence-corrected chi connectivity index (χ4v) is 13.5. The van der Waals surface area contributed by atoms with Crippen molar-refractivity contribution < 1.29 is 74.9 Å². The Hall–Kier alpha value is -12.8. The number of benzene rings is 8. The van der Waals surface area contributed by atoms with Crippen LogP contribution in [0.25, 0.3) is 34.2 Å². The summed E-state index contributed by atoms with van der Waals surface area (Å²) < 4.78 is 64.3. The summed E-state index contributed by atoms with van der Waals surface area (Å²) >= 11 is 3.21. The molecule has 0 fully saturated rings. The van der Waals surface area contributed by atoms with Crippen LogP contribution < -0.4 is 38.3 Å². The van der Waals surface area contributed by atoms with Gasteiger partial charge in [-0.2, -0.15) is 22.7 Å². The first-order valence-electron chi connectivity index (χ1n) is 43.2. The summed E-state index contributed by atoms with van der Waals surface area (Å²) in [4.78, 5) is 47.2. The van der Waals surface area contributed by atoms with E-state index in [2.05, 4.69) is 281 Å². The third-order valence-corrected chi connectivity index (χ3v) is 22.2. The topological polar surface area (TPSA) is 439 Å². The molecule has 7 heterocycles. The molecule has 726 valence electrons. The molecule has 3 aromatic heterocycles. The van der Waals surface area contributed by atoms with E-state index in [4.69, 9.17) is 46.5 Å². The standard InChI is InChI=1S/2C14H20N2O2.C13H16N2O3.C12H14N2O3.C12H14N2OS.C11H14N2O3S.C11H14N2O2S.C11H16N2O2/c1-13(2,3)11-8-6-10(7-9-11)12-15-17-14(4,5)18-16-12;1-13(2,3)11-8-6-10(7-9-11)12-15-18-14(4,5)16(12)17;1-13(2,3)10-7-5-9(6-8-10)11-14-18-12(16)15(11)17-4;1-12(2,3)9-6-4-8(5-7-9)10-13-17-11(15)14(10)16;1-12(2,3)9-6-4-8(5-7-9)10-13-11(16)15-14-10;1-11(2,3)9-6-4-8(5-7-9)10-12-16-17(14,15)13-10;1-11(2,3)9-6-4-8(5-7-9)10-12-15-16(14)13-10;1-11(2,3)9-6-4-8(5-7-9)10(12-14)13-15/h6-9H,1-5H3,(H,15,16);6-9,17H,1-5H3;5-8H,1-4H3;4-7,16H,1-3H3;4-7H,1-3H3,(H,13,14,16);4-7H,1-3H3,(H,12,13);4-7H,1-3H3,(H,12,13);4-7,14-15H,1-3H3,(H,12,13). The van der Waals surface area contributed by atoms with Crippen LogP contribution in [-0.4, -0.2) is 116 Å². The molecule has 0 saturated heterocycles. The quantitative estimate of drug-likeness (QED) is 0.0162. The molecule has 37 heteroatoms. The van der Waals surface area contributed by atoms with Gasteiger partial charge in [0.05, 0.1) is 0 Å². The molecule has 34 nitrogen and oxygen atoms in total. The first kappa shape index (κ1) is 108. The molecule has 0 saturated carbocycles. The summed E-state index contributed by atoms with van der Waals surface area (Å²) in [5, 5.41) is 58.4. The maximum atomic E-state index is 11.3. The molecule has 4 aliphatic rings. The molecule has 0 aliphatic carbocycles. The van der Waals surface area contributed by atoms with Gasteiger partial charge in [-0.1, -0.05) is 396 Å². The normalized spacial score (nSPS) is 15.5. The van der Waals surface area contributed by atoms with Crippen LogP contribution in [0.3, 0.4) is 0 Å². The smallest absolute Gasteiger partial charge is 0.421 e. The van der Waals surface area contributed by atoms with Gasteiger partial charge in [0, 0.05) is 58.4 Å². The number of aromatic amines is 1. The molecule has 0 bridgehead atoms. The molecule has 4 aliphatic heterocycles. The minimum Gasteiger partial charge on any atom is -0.421 e. The lowest BCUT2D eigenvalue weighted by Gasteiger charge is -2.28. The SMILES string of the molecule is CC(C)(C)c1ccc(-c2nc(=S)o[nH]2)cc1.CC(C)(C)c1ccc(-c2noc(=O)n2O)cc1.CC(C)(C)c1ccc(/C(=N/O)NO)cc1.CC(C)(C)c1ccc(C2=NOC(C)(C)N2O)cc1.CC(C)(C)c1ccc(C2=NS(=O)(=O)ON2)cc1.CC(C)(C)c1ccc(C2=NS(=O)ON2)cc1.CC1(C)ON=C(c2ccc(C(C)(C)C)cc2)NO1.COn1c(-c2ccc(C(C)(C)C)cc2)noc1=O. The van der Waals surface area contributed by atoms with E-state index in [-0.39, 0.29) is 65.7 Å². The van der Waals surface area contributed by atoms with E-state index < -0.39 is 44.6 Å². The Bertz CT molecular complexity index is 6260. The van der Waals surface area contributed by atoms with Gasteiger partial charge in [0.25, 0.3) is 5.79 Å². The predicted octanol–water partition coefficient (Wildman–Crippen LogP) is 19.1. The van der Waals surface area contributed by atoms with E-state index in [1.165, 1.54) is 46.1 Å².